The Kier molecular flexibility index (Phi) is 4.44. The number of benzene rings is 1. The van der Waals surface area contributed by atoms with E-state index < -0.39 is 0 Å². The third-order valence-corrected chi connectivity index (χ3v) is 3.31. The fraction of sp³-hybridized carbons (Fsp3) is 0.214. The smallest absolute Gasteiger partial charge is 0.137 e. The molecule has 1 N–H and O–H groups in total. The van der Waals surface area contributed by atoms with Crippen LogP contribution in [0.15, 0.2) is 47.2 Å². The minimum absolute atomic E-state index is 0.0283. The molecule has 1 atom stereocenters. The second kappa shape index (κ2) is 6.07. The topological polar surface area (TPSA) is 24.9 Å². The minimum Gasteiger partial charge on any atom is -0.306 e. The Morgan fingerprint density at radius 1 is 1.33 bits per heavy atom. The highest BCUT2D eigenvalue weighted by atomic mass is 79.9. The molecule has 18 heavy (non-hydrogen) atoms. The van der Waals surface area contributed by atoms with E-state index in [0.717, 1.165) is 17.7 Å². The van der Waals surface area contributed by atoms with Gasteiger partial charge in [-0.15, -0.1) is 0 Å². The molecule has 0 aliphatic carbocycles. The van der Waals surface area contributed by atoms with Crippen molar-refractivity contribution in [1.82, 2.24) is 10.3 Å². The van der Waals surface area contributed by atoms with Crippen molar-refractivity contribution >= 4 is 15.9 Å². The number of nitrogens with zero attached hydrogens (tertiary/aromatic N) is 1. The van der Waals surface area contributed by atoms with Crippen molar-refractivity contribution in [1.29, 1.82) is 0 Å². The van der Waals surface area contributed by atoms with Crippen LogP contribution in [0.1, 0.15) is 24.1 Å². The summed E-state index contributed by atoms with van der Waals surface area (Å²) in [5.41, 5.74) is 2.08. The Bertz CT molecular complexity index is 516. The summed E-state index contributed by atoms with van der Waals surface area (Å²) in [6.45, 7) is 2.87. The lowest BCUT2D eigenvalue weighted by molar-refractivity contribution is 0.608. The molecule has 1 unspecified atom stereocenters. The highest BCUT2D eigenvalue weighted by Gasteiger charge is 2.14. The van der Waals surface area contributed by atoms with E-state index in [1.165, 1.54) is 6.07 Å². The molecule has 0 fully saturated rings. The number of halogens is 2. The van der Waals surface area contributed by atoms with Crippen LogP contribution in [-0.4, -0.2) is 11.5 Å². The molecule has 4 heteroatoms. The van der Waals surface area contributed by atoms with E-state index in [0.29, 0.717) is 4.47 Å². The maximum Gasteiger partial charge on any atom is 0.137 e. The Labute approximate surface area is 114 Å². The van der Waals surface area contributed by atoms with E-state index in [4.69, 9.17) is 0 Å². The normalized spacial score (nSPS) is 12.4. The van der Waals surface area contributed by atoms with Gasteiger partial charge in [-0.05, 0) is 51.8 Å². The molecule has 1 aromatic heterocycles. The summed E-state index contributed by atoms with van der Waals surface area (Å²) >= 11 is 3.22. The van der Waals surface area contributed by atoms with Crippen molar-refractivity contribution in [3.05, 3.63) is 64.1 Å². The van der Waals surface area contributed by atoms with Crippen molar-refractivity contribution in [2.24, 2.45) is 0 Å². The van der Waals surface area contributed by atoms with Gasteiger partial charge in [-0.3, -0.25) is 4.98 Å². The summed E-state index contributed by atoms with van der Waals surface area (Å²) in [5.74, 6) is -0.250. The molecule has 0 saturated carbocycles. The molecule has 2 rings (SSSR count). The van der Waals surface area contributed by atoms with Crippen molar-refractivity contribution < 1.29 is 4.39 Å². The Morgan fingerprint density at radius 2 is 2.17 bits per heavy atom. The monoisotopic (exact) mass is 308 g/mol. The lowest BCUT2D eigenvalue weighted by Crippen LogP contribution is -2.22. The van der Waals surface area contributed by atoms with E-state index in [1.54, 1.807) is 18.3 Å². The lowest BCUT2D eigenvalue weighted by atomic mass is 10.0. The summed E-state index contributed by atoms with van der Waals surface area (Å²) in [6.07, 6.45) is 3.57. The predicted molar refractivity (Wildman–Crippen MR) is 73.9 cm³/mol. The first-order valence-corrected chi connectivity index (χ1v) is 6.60. The second-order valence-corrected chi connectivity index (χ2v) is 4.80. The summed E-state index contributed by atoms with van der Waals surface area (Å²) in [6, 6.07) is 9.01. The van der Waals surface area contributed by atoms with Crippen LogP contribution in [0.3, 0.4) is 0 Å². The molecule has 0 bridgehead atoms. The zero-order valence-electron chi connectivity index (χ0n) is 10.0. The van der Waals surface area contributed by atoms with Gasteiger partial charge in [0.05, 0.1) is 10.5 Å². The van der Waals surface area contributed by atoms with Crippen LogP contribution < -0.4 is 5.32 Å². The van der Waals surface area contributed by atoms with E-state index in [1.807, 2.05) is 25.3 Å². The van der Waals surface area contributed by atoms with E-state index in [-0.39, 0.29) is 11.9 Å². The number of hydrogen-bond donors (Lipinski definition) is 1. The molecule has 1 heterocycles. The minimum atomic E-state index is -0.250. The Hall–Kier alpha value is -1.26. The van der Waals surface area contributed by atoms with Gasteiger partial charge in [-0.25, -0.2) is 4.39 Å². The maximum atomic E-state index is 13.3. The molecule has 0 spiro atoms. The van der Waals surface area contributed by atoms with Gasteiger partial charge in [0.15, 0.2) is 0 Å². The van der Waals surface area contributed by atoms with Crippen LogP contribution in [0.5, 0.6) is 0 Å². The van der Waals surface area contributed by atoms with Crippen molar-refractivity contribution in [3.8, 4) is 0 Å². The van der Waals surface area contributed by atoms with Gasteiger partial charge in [0.1, 0.15) is 5.82 Å². The number of aromatic nitrogens is 1. The van der Waals surface area contributed by atoms with Gasteiger partial charge in [0, 0.05) is 12.4 Å². The van der Waals surface area contributed by atoms with Crippen molar-refractivity contribution in [2.75, 3.05) is 6.54 Å². The summed E-state index contributed by atoms with van der Waals surface area (Å²) in [7, 11) is 0. The first-order valence-electron chi connectivity index (χ1n) is 5.80. The van der Waals surface area contributed by atoms with Crippen LogP contribution >= 0.6 is 15.9 Å². The Balaban J connectivity index is 2.38. The van der Waals surface area contributed by atoms with Gasteiger partial charge in [-0.1, -0.05) is 19.1 Å². The maximum absolute atomic E-state index is 13.3. The third-order valence-electron chi connectivity index (χ3n) is 2.70. The van der Waals surface area contributed by atoms with Gasteiger partial charge < -0.3 is 5.32 Å². The quantitative estimate of drug-likeness (QED) is 0.932. The molecule has 2 aromatic rings. The SMILES string of the molecule is CCNC(c1cccnc1)c1ccc(F)c(Br)c1. The van der Waals surface area contributed by atoms with Crippen LogP contribution in [0, 0.1) is 5.82 Å². The van der Waals surface area contributed by atoms with Crippen LogP contribution in [0.25, 0.3) is 0 Å². The molecule has 0 saturated heterocycles. The summed E-state index contributed by atoms with van der Waals surface area (Å²) in [5, 5.41) is 3.38. The van der Waals surface area contributed by atoms with Gasteiger partial charge in [0.25, 0.3) is 0 Å². The van der Waals surface area contributed by atoms with Crippen LogP contribution in [0.2, 0.25) is 0 Å². The molecule has 0 aliphatic rings. The predicted octanol–water partition coefficient (Wildman–Crippen LogP) is 3.68. The van der Waals surface area contributed by atoms with Crippen molar-refractivity contribution in [3.63, 3.8) is 0 Å². The van der Waals surface area contributed by atoms with Gasteiger partial charge in [0.2, 0.25) is 0 Å². The zero-order chi connectivity index (χ0) is 13.0. The van der Waals surface area contributed by atoms with Crippen molar-refractivity contribution in [2.45, 2.75) is 13.0 Å². The van der Waals surface area contributed by atoms with E-state index in [9.17, 15) is 4.39 Å². The highest BCUT2D eigenvalue weighted by Crippen LogP contribution is 2.25. The van der Waals surface area contributed by atoms with Gasteiger partial charge in [-0.2, -0.15) is 0 Å². The number of pyridine rings is 1. The van der Waals surface area contributed by atoms with E-state index in [2.05, 4.69) is 26.2 Å². The standard InChI is InChI=1S/C14H14BrFN2/c1-2-18-14(11-4-3-7-17-9-11)10-5-6-13(16)12(15)8-10/h3-9,14,18H,2H2,1H3. The molecule has 0 radical (unpaired) electrons. The molecule has 2 nitrogen and oxygen atoms in total. The molecule has 0 aliphatic heterocycles. The first-order chi connectivity index (χ1) is 8.72. The number of hydrogen-bond acceptors (Lipinski definition) is 2. The highest BCUT2D eigenvalue weighted by molar-refractivity contribution is 9.10. The van der Waals surface area contributed by atoms with E-state index >= 15 is 0 Å². The summed E-state index contributed by atoms with van der Waals surface area (Å²) in [4.78, 5) is 4.13. The number of nitrogens with one attached hydrogen (secondary N) is 1. The number of rotatable bonds is 4. The van der Waals surface area contributed by atoms with Crippen LogP contribution in [-0.2, 0) is 0 Å². The first kappa shape index (κ1) is 13.2. The molecule has 94 valence electrons. The fourth-order valence-electron chi connectivity index (χ4n) is 1.87. The van der Waals surface area contributed by atoms with Gasteiger partial charge >= 0.3 is 0 Å². The zero-order valence-corrected chi connectivity index (χ0v) is 11.6. The largest absolute Gasteiger partial charge is 0.306 e. The molecule has 1 aromatic carbocycles. The summed E-state index contributed by atoms with van der Waals surface area (Å²) < 4.78 is 13.7. The lowest BCUT2D eigenvalue weighted by Gasteiger charge is -2.18. The molecular weight excluding hydrogens is 295 g/mol. The fourth-order valence-corrected chi connectivity index (χ4v) is 2.27. The molecule has 0 amide bonds. The molecular formula is C14H14BrFN2. The second-order valence-electron chi connectivity index (χ2n) is 3.95. The van der Waals surface area contributed by atoms with Crippen LogP contribution in [0.4, 0.5) is 4.39 Å². The Morgan fingerprint density at radius 3 is 2.78 bits per heavy atom. The third kappa shape index (κ3) is 2.94. The average molecular weight is 309 g/mol. The average Bonchev–Trinajstić information content (AvgIpc) is 2.40.